The second-order valence-corrected chi connectivity index (χ2v) is 6.04. The standard InChI is InChI=1S/C20H17N3O2S/c1-3-11-25-18-10-9-15(12-19(18)24-2)13-21-23-20-22-17(14-26-20)16-7-5-4-6-8-16/h1,4-10,12-14H,11H2,2H3,(H,22,23)/b21-13+. The SMILES string of the molecule is C#CCOc1ccc(/C=N/Nc2nc(-c3ccccc3)cs2)cc1OC. The third-order valence-corrected chi connectivity index (χ3v) is 4.19. The van der Waals surface area contributed by atoms with Crippen molar-refractivity contribution in [3.8, 4) is 35.1 Å². The fraction of sp³-hybridized carbons (Fsp3) is 0.100. The van der Waals surface area contributed by atoms with Gasteiger partial charge in [-0.05, 0) is 23.8 Å². The van der Waals surface area contributed by atoms with Crippen LogP contribution in [0.4, 0.5) is 5.13 Å². The van der Waals surface area contributed by atoms with E-state index in [2.05, 4.69) is 21.4 Å². The van der Waals surface area contributed by atoms with E-state index in [-0.39, 0.29) is 6.61 Å². The molecule has 0 bridgehead atoms. The van der Waals surface area contributed by atoms with Gasteiger partial charge in [-0.1, -0.05) is 36.3 Å². The predicted octanol–water partition coefficient (Wildman–Crippen LogP) is 4.28. The maximum atomic E-state index is 5.42. The molecule has 0 amide bonds. The first-order valence-corrected chi connectivity index (χ1v) is 8.72. The number of nitrogens with zero attached hydrogens (tertiary/aromatic N) is 2. The summed E-state index contributed by atoms with van der Waals surface area (Å²) in [6, 6.07) is 15.5. The number of hydrazone groups is 1. The zero-order chi connectivity index (χ0) is 18.2. The van der Waals surface area contributed by atoms with E-state index in [1.807, 2.05) is 47.8 Å². The van der Waals surface area contributed by atoms with Crippen molar-refractivity contribution in [3.05, 3.63) is 59.5 Å². The zero-order valence-corrected chi connectivity index (χ0v) is 15.0. The number of thiazole rings is 1. The van der Waals surface area contributed by atoms with Gasteiger partial charge in [0.1, 0.15) is 6.61 Å². The summed E-state index contributed by atoms with van der Waals surface area (Å²) in [5, 5.41) is 6.95. The Hall–Kier alpha value is -3.30. The topological polar surface area (TPSA) is 55.7 Å². The highest BCUT2D eigenvalue weighted by Gasteiger charge is 2.05. The average Bonchev–Trinajstić information content (AvgIpc) is 3.16. The minimum absolute atomic E-state index is 0.194. The van der Waals surface area contributed by atoms with Gasteiger partial charge in [0.05, 0.1) is 19.0 Å². The van der Waals surface area contributed by atoms with E-state index in [0.717, 1.165) is 22.0 Å². The molecule has 0 unspecified atom stereocenters. The average molecular weight is 363 g/mol. The van der Waals surface area contributed by atoms with Crippen LogP contribution in [0.25, 0.3) is 11.3 Å². The van der Waals surface area contributed by atoms with Gasteiger partial charge in [-0.2, -0.15) is 5.10 Å². The van der Waals surface area contributed by atoms with Gasteiger partial charge >= 0.3 is 0 Å². The maximum absolute atomic E-state index is 5.42. The van der Waals surface area contributed by atoms with Crippen molar-refractivity contribution in [3.63, 3.8) is 0 Å². The Labute approximate surface area is 156 Å². The van der Waals surface area contributed by atoms with Crippen molar-refractivity contribution in [2.24, 2.45) is 5.10 Å². The Bertz CT molecular complexity index is 930. The maximum Gasteiger partial charge on any atom is 0.203 e. The van der Waals surface area contributed by atoms with E-state index < -0.39 is 0 Å². The van der Waals surface area contributed by atoms with Crippen LogP contribution >= 0.6 is 11.3 Å². The molecule has 0 aliphatic rings. The van der Waals surface area contributed by atoms with Gasteiger partial charge in [-0.3, -0.25) is 5.43 Å². The molecule has 0 radical (unpaired) electrons. The van der Waals surface area contributed by atoms with Gasteiger partial charge in [0.25, 0.3) is 0 Å². The molecule has 0 spiro atoms. The second kappa shape index (κ2) is 8.70. The molecule has 0 atom stereocenters. The first kappa shape index (κ1) is 17.5. The van der Waals surface area contributed by atoms with E-state index in [0.29, 0.717) is 11.5 Å². The van der Waals surface area contributed by atoms with E-state index in [1.54, 1.807) is 19.4 Å². The zero-order valence-electron chi connectivity index (χ0n) is 14.2. The quantitative estimate of drug-likeness (QED) is 0.387. The fourth-order valence-corrected chi connectivity index (χ4v) is 2.90. The smallest absolute Gasteiger partial charge is 0.203 e. The molecule has 5 nitrogen and oxygen atoms in total. The van der Waals surface area contributed by atoms with E-state index in [9.17, 15) is 0 Å². The lowest BCUT2D eigenvalue weighted by Gasteiger charge is -2.08. The number of aromatic nitrogens is 1. The van der Waals surface area contributed by atoms with Crippen LogP contribution in [0.5, 0.6) is 11.5 Å². The summed E-state index contributed by atoms with van der Waals surface area (Å²) >= 11 is 1.50. The molecule has 2 aromatic carbocycles. The molecule has 130 valence electrons. The number of nitrogens with one attached hydrogen (secondary N) is 1. The Balaban J connectivity index is 1.65. The number of benzene rings is 2. The monoisotopic (exact) mass is 363 g/mol. The Morgan fingerprint density at radius 3 is 2.85 bits per heavy atom. The molecule has 0 aliphatic carbocycles. The molecular formula is C20H17N3O2S. The van der Waals surface area contributed by atoms with Crippen LogP contribution < -0.4 is 14.9 Å². The Morgan fingerprint density at radius 2 is 2.08 bits per heavy atom. The highest BCUT2D eigenvalue weighted by atomic mass is 32.1. The van der Waals surface area contributed by atoms with Crippen molar-refractivity contribution in [2.75, 3.05) is 19.1 Å². The van der Waals surface area contributed by atoms with E-state index in [4.69, 9.17) is 15.9 Å². The molecular weight excluding hydrogens is 346 g/mol. The molecule has 0 saturated heterocycles. The van der Waals surface area contributed by atoms with E-state index in [1.165, 1.54) is 11.3 Å². The molecule has 3 aromatic rings. The first-order chi connectivity index (χ1) is 12.8. The molecule has 26 heavy (non-hydrogen) atoms. The molecule has 6 heteroatoms. The summed E-state index contributed by atoms with van der Waals surface area (Å²) in [6.45, 7) is 0.194. The van der Waals surface area contributed by atoms with Crippen molar-refractivity contribution >= 4 is 22.7 Å². The second-order valence-electron chi connectivity index (χ2n) is 5.18. The number of methoxy groups -OCH3 is 1. The van der Waals surface area contributed by atoms with Crippen LogP contribution in [0.1, 0.15) is 5.56 Å². The molecule has 3 rings (SSSR count). The summed E-state index contributed by atoms with van der Waals surface area (Å²) in [5.74, 6) is 3.63. The van der Waals surface area contributed by atoms with Gasteiger partial charge in [-0.15, -0.1) is 17.8 Å². The highest BCUT2D eigenvalue weighted by Crippen LogP contribution is 2.28. The summed E-state index contributed by atoms with van der Waals surface area (Å²) in [4.78, 5) is 4.52. The predicted molar refractivity (Wildman–Crippen MR) is 106 cm³/mol. The summed E-state index contributed by atoms with van der Waals surface area (Å²) in [6.07, 6.45) is 6.90. The van der Waals surface area contributed by atoms with Gasteiger partial charge < -0.3 is 9.47 Å². The molecule has 1 aromatic heterocycles. The van der Waals surface area contributed by atoms with Crippen LogP contribution in [-0.2, 0) is 0 Å². The highest BCUT2D eigenvalue weighted by molar-refractivity contribution is 7.14. The lowest BCUT2D eigenvalue weighted by atomic mass is 10.2. The minimum atomic E-state index is 0.194. The van der Waals surface area contributed by atoms with Crippen LogP contribution in [0.15, 0.2) is 59.0 Å². The summed E-state index contributed by atoms with van der Waals surface area (Å²) < 4.78 is 10.7. The Morgan fingerprint density at radius 1 is 1.23 bits per heavy atom. The van der Waals surface area contributed by atoms with E-state index >= 15 is 0 Å². The summed E-state index contributed by atoms with van der Waals surface area (Å²) in [7, 11) is 1.58. The van der Waals surface area contributed by atoms with Gasteiger partial charge in [0, 0.05) is 10.9 Å². The lowest BCUT2D eigenvalue weighted by molar-refractivity contribution is 0.331. The molecule has 0 saturated carbocycles. The van der Waals surface area contributed by atoms with Gasteiger partial charge in [-0.25, -0.2) is 4.98 Å². The number of hydrogen-bond donors (Lipinski definition) is 1. The Kier molecular flexibility index (Phi) is 5.86. The number of ether oxygens (including phenoxy) is 2. The number of rotatable bonds is 7. The number of terminal acetylenes is 1. The third-order valence-electron chi connectivity index (χ3n) is 3.45. The molecule has 1 N–H and O–H groups in total. The van der Waals surface area contributed by atoms with Crippen LogP contribution in [0, 0.1) is 12.3 Å². The van der Waals surface area contributed by atoms with Crippen molar-refractivity contribution < 1.29 is 9.47 Å². The van der Waals surface area contributed by atoms with Crippen molar-refractivity contribution in [2.45, 2.75) is 0 Å². The molecule has 0 fully saturated rings. The minimum Gasteiger partial charge on any atom is -0.493 e. The number of anilines is 1. The van der Waals surface area contributed by atoms with Crippen molar-refractivity contribution in [1.82, 2.24) is 4.98 Å². The van der Waals surface area contributed by atoms with Crippen LogP contribution in [0.2, 0.25) is 0 Å². The van der Waals surface area contributed by atoms with Crippen LogP contribution in [-0.4, -0.2) is 24.9 Å². The third kappa shape index (κ3) is 4.41. The van der Waals surface area contributed by atoms with Gasteiger partial charge in [0.2, 0.25) is 5.13 Å². The first-order valence-electron chi connectivity index (χ1n) is 7.84. The molecule has 0 aliphatic heterocycles. The number of hydrogen-bond acceptors (Lipinski definition) is 6. The lowest BCUT2D eigenvalue weighted by Crippen LogP contribution is -1.98. The molecule has 1 heterocycles. The van der Waals surface area contributed by atoms with Crippen LogP contribution in [0.3, 0.4) is 0 Å². The largest absolute Gasteiger partial charge is 0.493 e. The fourth-order valence-electron chi connectivity index (χ4n) is 2.23. The van der Waals surface area contributed by atoms with Crippen molar-refractivity contribution in [1.29, 1.82) is 0 Å². The van der Waals surface area contributed by atoms with Gasteiger partial charge in [0.15, 0.2) is 11.5 Å². The normalized spacial score (nSPS) is 10.5. The summed E-state index contributed by atoms with van der Waals surface area (Å²) in [5.41, 5.74) is 5.81.